The van der Waals surface area contributed by atoms with Gasteiger partial charge in [0.25, 0.3) is 17.4 Å². The molecule has 2 rings (SSSR count). The number of hydrogen-bond donors (Lipinski definition) is 3. The molecule has 0 bridgehead atoms. The first kappa shape index (κ1) is 30.5. The van der Waals surface area contributed by atoms with Crippen molar-refractivity contribution in [1.29, 1.82) is 0 Å². The van der Waals surface area contributed by atoms with Gasteiger partial charge in [0.2, 0.25) is 5.88 Å². The van der Waals surface area contributed by atoms with E-state index in [1.165, 1.54) is 18.2 Å². The second-order valence-electron chi connectivity index (χ2n) is 8.51. The molecule has 0 atom stereocenters. The molecule has 1 saturated heterocycles. The average molecular weight is 547 g/mol. The lowest BCUT2D eigenvalue weighted by atomic mass is 10.1. The summed E-state index contributed by atoms with van der Waals surface area (Å²) < 4.78 is 1.39. The lowest BCUT2D eigenvalue weighted by Crippen LogP contribution is -2.57. The van der Waals surface area contributed by atoms with E-state index in [1.807, 2.05) is 13.8 Å². The topological polar surface area (TPSA) is 197 Å². The summed E-state index contributed by atoms with van der Waals surface area (Å²) in [5, 5.41) is 28.6. The highest BCUT2D eigenvalue weighted by molar-refractivity contribution is 6.29. The van der Waals surface area contributed by atoms with Crippen LogP contribution >= 0.6 is 0 Å². The van der Waals surface area contributed by atoms with Gasteiger partial charge >= 0.3 is 23.7 Å². The van der Waals surface area contributed by atoms with Gasteiger partial charge in [0.15, 0.2) is 0 Å². The fourth-order valence-electron chi connectivity index (χ4n) is 3.65. The van der Waals surface area contributed by atoms with E-state index in [0.717, 1.165) is 21.6 Å². The van der Waals surface area contributed by atoms with Crippen LogP contribution in [0.5, 0.6) is 5.88 Å². The molecule has 0 aromatic carbocycles. The molecule has 2 heterocycles. The number of carbonyl (C=O) groups excluding carboxylic acids is 3. The number of aromatic nitrogens is 2. The fourth-order valence-corrected chi connectivity index (χ4v) is 3.65. The summed E-state index contributed by atoms with van der Waals surface area (Å²) >= 11 is 0. The molecule has 0 spiro atoms. The molecule has 0 saturated carbocycles. The van der Waals surface area contributed by atoms with Crippen LogP contribution in [0, 0.1) is 0 Å². The zero-order valence-corrected chi connectivity index (χ0v) is 21.5. The molecule has 1 aromatic rings. The van der Waals surface area contributed by atoms with E-state index in [2.05, 4.69) is 0 Å². The van der Waals surface area contributed by atoms with Crippen LogP contribution in [-0.4, -0.2) is 77.1 Å². The van der Waals surface area contributed by atoms with Crippen molar-refractivity contribution in [2.24, 2.45) is 0 Å². The predicted molar refractivity (Wildman–Crippen MR) is 137 cm³/mol. The minimum absolute atomic E-state index is 0.00579. The van der Waals surface area contributed by atoms with E-state index in [0.29, 0.717) is 35.2 Å². The summed E-state index contributed by atoms with van der Waals surface area (Å²) in [6.07, 6.45) is 8.17. The number of aromatic hydroxyl groups is 1. The molecule has 14 heteroatoms. The summed E-state index contributed by atoms with van der Waals surface area (Å²) in [5.41, 5.74) is -2.59. The zero-order chi connectivity index (χ0) is 29.3. The highest BCUT2D eigenvalue weighted by Crippen LogP contribution is 2.19. The Bertz CT molecular complexity index is 1370. The smallest absolute Gasteiger partial charge is 0.334 e. The molecule has 210 valence electrons. The number of rotatable bonds is 13. The molecule has 1 fully saturated rings. The van der Waals surface area contributed by atoms with Crippen molar-refractivity contribution < 1.29 is 39.3 Å². The van der Waals surface area contributed by atoms with Crippen molar-refractivity contribution in [3.63, 3.8) is 0 Å². The number of imide groups is 2. The Morgan fingerprint density at radius 3 is 1.95 bits per heavy atom. The number of allylic oxidation sites excluding steroid dienone is 4. The molecule has 39 heavy (non-hydrogen) atoms. The van der Waals surface area contributed by atoms with Crippen LogP contribution in [0.25, 0.3) is 6.08 Å². The van der Waals surface area contributed by atoms with Crippen LogP contribution in [0.1, 0.15) is 45.1 Å². The standard InChI is InChI=1S/C25H30N4O10/c1-3-5-12-26-20(34)16(22(36)28(24(26)38)14-18(30)31)10-8-7-9-11-17-21(35)27(13-6-4-2)25(39)29(23(17)37)15-19(32)33/h7-11,36H,3-6,12-15H2,1-2H3,(H,30,31)(H,32,33)/b9-7+,10-8+,17-11-. The second-order valence-corrected chi connectivity index (χ2v) is 8.51. The third-order valence-electron chi connectivity index (χ3n) is 5.65. The summed E-state index contributed by atoms with van der Waals surface area (Å²) in [4.78, 5) is 86.9. The first-order valence-electron chi connectivity index (χ1n) is 12.2. The van der Waals surface area contributed by atoms with E-state index < -0.39 is 65.6 Å². The van der Waals surface area contributed by atoms with Gasteiger partial charge in [-0.2, -0.15) is 0 Å². The SMILES string of the molecule is CCCCN1C(=O)/C(=C/C=C/C=C/c2c(O)n(CC(=O)O)c(=O)n(CCCC)c2=O)C(=O)N(CC(=O)O)C1=O. The Morgan fingerprint density at radius 1 is 0.769 bits per heavy atom. The van der Waals surface area contributed by atoms with Gasteiger partial charge in [-0.3, -0.25) is 38.0 Å². The van der Waals surface area contributed by atoms with Gasteiger partial charge in [-0.1, -0.05) is 44.9 Å². The average Bonchev–Trinajstić information content (AvgIpc) is 2.87. The third-order valence-corrected chi connectivity index (χ3v) is 5.65. The summed E-state index contributed by atoms with van der Waals surface area (Å²) in [6.45, 7) is 1.88. The van der Waals surface area contributed by atoms with E-state index in [1.54, 1.807) is 0 Å². The number of carboxylic acid groups (broad SMARTS) is 2. The van der Waals surface area contributed by atoms with Crippen LogP contribution in [0.15, 0.2) is 39.5 Å². The highest BCUT2D eigenvalue weighted by Gasteiger charge is 2.42. The number of carbonyl (C=O) groups is 5. The van der Waals surface area contributed by atoms with Crippen molar-refractivity contribution in [1.82, 2.24) is 18.9 Å². The van der Waals surface area contributed by atoms with E-state index >= 15 is 0 Å². The number of carboxylic acids is 2. The molecular formula is C25H30N4O10. The molecule has 1 aromatic heterocycles. The molecule has 0 radical (unpaired) electrons. The lowest BCUT2D eigenvalue weighted by molar-refractivity contribution is -0.144. The molecule has 14 nitrogen and oxygen atoms in total. The molecule has 4 amide bonds. The van der Waals surface area contributed by atoms with Gasteiger partial charge in [0.1, 0.15) is 24.2 Å². The van der Waals surface area contributed by atoms with Gasteiger partial charge in [0, 0.05) is 13.1 Å². The Balaban J connectivity index is 2.44. The number of urea groups is 1. The largest absolute Gasteiger partial charge is 0.494 e. The third kappa shape index (κ3) is 7.18. The maximum absolute atomic E-state index is 12.8. The van der Waals surface area contributed by atoms with Gasteiger partial charge in [-0.25, -0.2) is 14.5 Å². The minimum Gasteiger partial charge on any atom is -0.494 e. The molecule has 0 aliphatic carbocycles. The van der Waals surface area contributed by atoms with Gasteiger partial charge in [-0.15, -0.1) is 0 Å². The van der Waals surface area contributed by atoms with Crippen molar-refractivity contribution in [2.45, 2.75) is 52.6 Å². The maximum atomic E-state index is 12.8. The quantitative estimate of drug-likeness (QED) is 0.180. The number of aliphatic carboxylic acids is 2. The van der Waals surface area contributed by atoms with Crippen LogP contribution in [0.3, 0.4) is 0 Å². The molecule has 1 aliphatic rings. The Hall–Kier alpha value is -4.75. The molecule has 3 N–H and O–H groups in total. The zero-order valence-electron chi connectivity index (χ0n) is 21.5. The first-order valence-corrected chi connectivity index (χ1v) is 12.2. The van der Waals surface area contributed by atoms with E-state index in [9.17, 15) is 38.7 Å². The number of unbranched alkanes of at least 4 members (excludes halogenated alkanes) is 2. The number of amides is 4. The van der Waals surface area contributed by atoms with Crippen molar-refractivity contribution >= 4 is 35.9 Å². The summed E-state index contributed by atoms with van der Waals surface area (Å²) in [5.74, 6) is -5.64. The van der Waals surface area contributed by atoms with E-state index in [4.69, 9.17) is 10.2 Å². The van der Waals surface area contributed by atoms with Gasteiger partial charge < -0.3 is 15.3 Å². The van der Waals surface area contributed by atoms with Crippen LogP contribution in [0.4, 0.5) is 4.79 Å². The van der Waals surface area contributed by atoms with Crippen LogP contribution < -0.4 is 11.2 Å². The van der Waals surface area contributed by atoms with Crippen LogP contribution in [-0.2, 0) is 32.3 Å². The van der Waals surface area contributed by atoms with Gasteiger partial charge in [-0.05, 0) is 25.0 Å². The fraction of sp³-hybridized carbons (Fsp3) is 0.400. The normalized spacial score (nSPS) is 15.3. The van der Waals surface area contributed by atoms with Crippen molar-refractivity contribution in [3.05, 3.63) is 56.3 Å². The Kier molecular flexibility index (Phi) is 10.7. The molecule has 0 unspecified atom stereocenters. The highest BCUT2D eigenvalue weighted by atomic mass is 16.4. The van der Waals surface area contributed by atoms with Gasteiger partial charge in [0.05, 0.1) is 0 Å². The Labute approximate surface area is 222 Å². The number of hydrogen-bond acceptors (Lipinski definition) is 8. The molecule has 1 aliphatic heterocycles. The number of nitrogens with zero attached hydrogens (tertiary/aromatic N) is 4. The van der Waals surface area contributed by atoms with Crippen molar-refractivity contribution in [3.8, 4) is 5.88 Å². The number of barbiturate groups is 1. The first-order chi connectivity index (χ1) is 18.5. The predicted octanol–water partition coefficient (Wildman–Crippen LogP) is 0.772. The summed E-state index contributed by atoms with van der Waals surface area (Å²) in [6, 6.07) is -1.02. The van der Waals surface area contributed by atoms with Crippen LogP contribution in [0.2, 0.25) is 0 Å². The maximum Gasteiger partial charge on any atom is 0.334 e. The summed E-state index contributed by atoms with van der Waals surface area (Å²) in [7, 11) is 0. The molecular weight excluding hydrogens is 516 g/mol. The second kappa shape index (κ2) is 13.7. The van der Waals surface area contributed by atoms with E-state index in [-0.39, 0.29) is 18.7 Å². The van der Waals surface area contributed by atoms with Crippen molar-refractivity contribution in [2.75, 3.05) is 13.1 Å². The monoisotopic (exact) mass is 546 g/mol. The Morgan fingerprint density at radius 2 is 1.36 bits per heavy atom. The lowest BCUT2D eigenvalue weighted by Gasteiger charge is -2.32. The minimum atomic E-state index is -1.44.